The molecule has 0 spiro atoms. The van der Waals surface area contributed by atoms with Crippen molar-refractivity contribution < 1.29 is 4.79 Å². The van der Waals surface area contributed by atoms with Crippen molar-refractivity contribution in [1.82, 2.24) is 0 Å². The van der Waals surface area contributed by atoms with Gasteiger partial charge in [-0.1, -0.05) is 18.2 Å². The number of aliphatic imine (C=N–C) groups is 1. The zero-order valence-corrected chi connectivity index (χ0v) is 6.08. The van der Waals surface area contributed by atoms with Crippen LogP contribution in [0.2, 0.25) is 0 Å². The van der Waals surface area contributed by atoms with Crippen LogP contribution in [0.25, 0.3) is 0 Å². The number of carbonyl (C=O) groups excluding carboxylic acids is 1. The van der Waals surface area contributed by atoms with Crippen molar-refractivity contribution in [2.45, 2.75) is 6.42 Å². The molecule has 2 heteroatoms. The Morgan fingerprint density at radius 3 is 2.82 bits per heavy atom. The fourth-order valence-electron chi connectivity index (χ4n) is 0.880. The number of rotatable bonds is 2. The summed E-state index contributed by atoms with van der Waals surface area (Å²) in [4.78, 5) is 13.5. The molecule has 1 aromatic rings. The van der Waals surface area contributed by atoms with Crippen molar-refractivity contribution in [3.05, 3.63) is 36.8 Å². The second kappa shape index (κ2) is 3.69. The van der Waals surface area contributed by atoms with Gasteiger partial charge in [-0.15, -0.1) is 0 Å². The lowest BCUT2D eigenvalue weighted by atomic mass is 10.1. The average Bonchev–Trinajstić information content (AvgIpc) is 2.06. The number of para-hydroxylation sites is 1. The van der Waals surface area contributed by atoms with Gasteiger partial charge in [0.1, 0.15) is 0 Å². The van der Waals surface area contributed by atoms with Crippen LogP contribution in [-0.4, -0.2) is 6.08 Å². The van der Waals surface area contributed by atoms with E-state index in [1.165, 1.54) is 6.08 Å². The molecule has 1 rings (SSSR count). The van der Waals surface area contributed by atoms with Gasteiger partial charge in [0.05, 0.1) is 5.69 Å². The summed E-state index contributed by atoms with van der Waals surface area (Å²) >= 11 is 0. The molecule has 2 nitrogen and oxygen atoms in total. The maximum Gasteiger partial charge on any atom is 0.240 e. The van der Waals surface area contributed by atoms with Crippen LogP contribution in [0.4, 0.5) is 5.69 Å². The molecule has 0 aliphatic heterocycles. The van der Waals surface area contributed by atoms with Gasteiger partial charge in [0.25, 0.3) is 0 Å². The van der Waals surface area contributed by atoms with E-state index in [0.717, 1.165) is 5.56 Å². The van der Waals surface area contributed by atoms with Gasteiger partial charge >= 0.3 is 0 Å². The second-order valence-electron chi connectivity index (χ2n) is 2.08. The van der Waals surface area contributed by atoms with E-state index in [1.807, 2.05) is 18.2 Å². The van der Waals surface area contributed by atoms with Gasteiger partial charge in [-0.05, 0) is 25.0 Å². The molecule has 0 bridgehead atoms. The lowest BCUT2D eigenvalue weighted by molar-refractivity contribution is 0.565. The van der Waals surface area contributed by atoms with Crippen molar-refractivity contribution in [2.24, 2.45) is 4.99 Å². The predicted octanol–water partition coefficient (Wildman–Crippen LogP) is 2.03. The van der Waals surface area contributed by atoms with Gasteiger partial charge in [0.15, 0.2) is 0 Å². The summed E-state index contributed by atoms with van der Waals surface area (Å²) in [6.07, 6.45) is 2.15. The van der Waals surface area contributed by atoms with Gasteiger partial charge in [-0.25, -0.2) is 4.79 Å². The van der Waals surface area contributed by atoms with E-state index >= 15 is 0 Å². The van der Waals surface area contributed by atoms with E-state index in [4.69, 9.17) is 0 Å². The minimum Gasteiger partial charge on any atom is -0.211 e. The Morgan fingerprint density at radius 2 is 2.18 bits per heavy atom. The summed E-state index contributed by atoms with van der Waals surface area (Å²) < 4.78 is 0. The van der Waals surface area contributed by atoms with Gasteiger partial charge in [0.2, 0.25) is 6.08 Å². The third kappa shape index (κ3) is 1.76. The van der Waals surface area contributed by atoms with Crippen LogP contribution in [0.1, 0.15) is 5.56 Å². The first-order valence-corrected chi connectivity index (χ1v) is 3.33. The molecule has 0 saturated heterocycles. The van der Waals surface area contributed by atoms with Crippen molar-refractivity contribution in [3.8, 4) is 0 Å². The monoisotopic (exact) mass is 146 g/mol. The summed E-state index contributed by atoms with van der Waals surface area (Å²) in [6, 6.07) is 7.38. The molecule has 0 aliphatic rings. The van der Waals surface area contributed by atoms with Crippen molar-refractivity contribution in [2.75, 3.05) is 0 Å². The molecule has 11 heavy (non-hydrogen) atoms. The Hall–Kier alpha value is -1.40. The molecule has 0 aliphatic carbocycles. The molecule has 0 heterocycles. The van der Waals surface area contributed by atoms with Crippen LogP contribution >= 0.6 is 0 Å². The molecule has 0 unspecified atom stereocenters. The summed E-state index contributed by atoms with van der Waals surface area (Å²) in [5, 5.41) is 0. The second-order valence-corrected chi connectivity index (χ2v) is 2.08. The molecule has 0 atom stereocenters. The maximum absolute atomic E-state index is 9.93. The lowest BCUT2D eigenvalue weighted by Gasteiger charge is -1.97. The summed E-state index contributed by atoms with van der Waals surface area (Å²) in [7, 11) is 0. The van der Waals surface area contributed by atoms with Crippen LogP contribution in [0, 0.1) is 6.92 Å². The molecule has 0 N–H and O–H groups in total. The number of nitrogens with zero attached hydrogens (tertiary/aromatic N) is 1. The normalized spacial score (nSPS) is 8.82. The maximum atomic E-state index is 9.93. The lowest BCUT2D eigenvalue weighted by Crippen LogP contribution is -1.79. The highest BCUT2D eigenvalue weighted by atomic mass is 16.1. The number of hydrogen-bond donors (Lipinski definition) is 0. The summed E-state index contributed by atoms with van der Waals surface area (Å²) in [5.74, 6) is 0. The van der Waals surface area contributed by atoms with Gasteiger partial charge < -0.3 is 0 Å². The van der Waals surface area contributed by atoms with Gasteiger partial charge in [-0.2, -0.15) is 4.99 Å². The van der Waals surface area contributed by atoms with Crippen molar-refractivity contribution >= 4 is 11.8 Å². The quantitative estimate of drug-likeness (QED) is 0.463. The topological polar surface area (TPSA) is 29.4 Å². The fourth-order valence-corrected chi connectivity index (χ4v) is 0.880. The zero-order chi connectivity index (χ0) is 8.10. The first kappa shape index (κ1) is 7.70. The van der Waals surface area contributed by atoms with Crippen LogP contribution in [0.15, 0.2) is 29.3 Å². The number of benzene rings is 1. The van der Waals surface area contributed by atoms with Crippen LogP contribution in [0.5, 0.6) is 0 Å². The highest BCUT2D eigenvalue weighted by Crippen LogP contribution is 2.17. The largest absolute Gasteiger partial charge is 0.240 e. The summed E-state index contributed by atoms with van der Waals surface area (Å²) in [5.41, 5.74) is 1.63. The third-order valence-electron chi connectivity index (χ3n) is 1.43. The van der Waals surface area contributed by atoms with E-state index in [1.54, 1.807) is 6.07 Å². The highest BCUT2D eigenvalue weighted by molar-refractivity contribution is 5.53. The van der Waals surface area contributed by atoms with E-state index < -0.39 is 0 Å². The van der Waals surface area contributed by atoms with E-state index in [9.17, 15) is 4.79 Å². The Kier molecular flexibility index (Phi) is 2.59. The number of isocyanates is 1. The average molecular weight is 146 g/mol. The van der Waals surface area contributed by atoms with E-state index in [2.05, 4.69) is 11.9 Å². The van der Waals surface area contributed by atoms with Crippen molar-refractivity contribution in [3.63, 3.8) is 0 Å². The molecule has 0 fully saturated rings. The molecule has 55 valence electrons. The third-order valence-corrected chi connectivity index (χ3v) is 1.43. The highest BCUT2D eigenvalue weighted by Gasteiger charge is 1.94. The molecule has 1 radical (unpaired) electrons. The number of hydrogen-bond acceptors (Lipinski definition) is 2. The molecule has 0 aromatic heterocycles. The molecule has 0 saturated carbocycles. The Balaban J connectivity index is 3.11. The van der Waals surface area contributed by atoms with Crippen molar-refractivity contribution in [1.29, 1.82) is 0 Å². The standard InChI is InChI=1S/C9H8NO/c1-2-8-5-3-4-6-9(8)10-7-11/h3-6H,1-2H2. The van der Waals surface area contributed by atoms with Crippen LogP contribution < -0.4 is 0 Å². The Labute approximate surface area is 65.6 Å². The minimum absolute atomic E-state index is 0.640. The predicted molar refractivity (Wildman–Crippen MR) is 43.3 cm³/mol. The van der Waals surface area contributed by atoms with Gasteiger partial charge in [0, 0.05) is 0 Å². The molecular formula is C9H8NO. The molecular weight excluding hydrogens is 138 g/mol. The zero-order valence-electron chi connectivity index (χ0n) is 6.08. The Morgan fingerprint density at radius 1 is 1.45 bits per heavy atom. The SMILES string of the molecule is [CH2]Cc1ccccc1N=C=O. The first-order chi connectivity index (χ1) is 5.38. The minimum atomic E-state index is 0.640. The fraction of sp³-hybridized carbons (Fsp3) is 0.111. The summed E-state index contributed by atoms with van der Waals surface area (Å²) in [6.45, 7) is 3.71. The van der Waals surface area contributed by atoms with E-state index in [-0.39, 0.29) is 0 Å². The van der Waals surface area contributed by atoms with E-state index in [0.29, 0.717) is 12.1 Å². The van der Waals surface area contributed by atoms with Crippen LogP contribution in [0.3, 0.4) is 0 Å². The Bertz CT molecular complexity index is 287. The van der Waals surface area contributed by atoms with Crippen LogP contribution in [-0.2, 0) is 11.2 Å². The molecule has 0 amide bonds. The van der Waals surface area contributed by atoms with Gasteiger partial charge in [-0.3, -0.25) is 0 Å². The first-order valence-electron chi connectivity index (χ1n) is 3.33. The molecule has 1 aromatic carbocycles. The smallest absolute Gasteiger partial charge is 0.211 e.